The molecule has 132 valence electrons. The smallest absolute Gasteiger partial charge is 0.337 e. The highest BCUT2D eigenvalue weighted by atomic mass is 16.5. The molecule has 0 aliphatic rings. The topological polar surface area (TPSA) is 73.9 Å². The summed E-state index contributed by atoms with van der Waals surface area (Å²) in [5, 5.41) is 2.86. The van der Waals surface area contributed by atoms with Crippen molar-refractivity contribution in [2.45, 2.75) is 13.0 Å². The van der Waals surface area contributed by atoms with E-state index in [2.05, 4.69) is 10.1 Å². The molecular weight excluding hydrogens is 322 g/mol. The maximum absolute atomic E-state index is 12.1. The van der Waals surface area contributed by atoms with E-state index < -0.39 is 5.97 Å². The molecule has 0 spiro atoms. The van der Waals surface area contributed by atoms with Crippen molar-refractivity contribution in [2.24, 2.45) is 0 Å². The second-order valence-corrected chi connectivity index (χ2v) is 5.34. The number of hydrogen-bond acceptors (Lipinski definition) is 5. The van der Waals surface area contributed by atoms with Gasteiger partial charge in [0, 0.05) is 5.56 Å². The minimum absolute atomic E-state index is 0.128. The van der Waals surface area contributed by atoms with E-state index in [-0.39, 0.29) is 18.6 Å². The van der Waals surface area contributed by atoms with Crippen molar-refractivity contribution in [1.29, 1.82) is 0 Å². The Kier molecular flexibility index (Phi) is 6.39. The molecular formula is C19H21NO5. The highest BCUT2D eigenvalue weighted by molar-refractivity contribution is 5.89. The van der Waals surface area contributed by atoms with Crippen molar-refractivity contribution in [2.75, 3.05) is 20.8 Å². The Bertz CT molecular complexity index is 727. The first-order chi connectivity index (χ1) is 12.0. The third-order valence-corrected chi connectivity index (χ3v) is 3.63. The lowest BCUT2D eigenvalue weighted by atomic mass is 10.1. The van der Waals surface area contributed by atoms with Crippen molar-refractivity contribution < 1.29 is 23.8 Å². The number of hydrogen-bond donors (Lipinski definition) is 1. The van der Waals surface area contributed by atoms with E-state index in [0.717, 1.165) is 11.3 Å². The van der Waals surface area contributed by atoms with E-state index in [1.807, 2.05) is 31.2 Å². The summed E-state index contributed by atoms with van der Waals surface area (Å²) in [6, 6.07) is 13.7. The molecule has 0 aliphatic carbocycles. The standard InChI is InChI=1S/C19H21NO5/c1-13(16-6-4-5-7-17(16)23-2)20-18(21)12-25-15-10-8-14(9-11-15)19(22)24-3/h4-11,13H,12H2,1-3H3,(H,20,21)/t13-/m1/s1. The maximum atomic E-state index is 12.1. The zero-order chi connectivity index (χ0) is 18.2. The number of benzene rings is 2. The van der Waals surface area contributed by atoms with Crippen molar-refractivity contribution in [1.82, 2.24) is 5.32 Å². The van der Waals surface area contributed by atoms with Gasteiger partial charge in [0.2, 0.25) is 0 Å². The zero-order valence-electron chi connectivity index (χ0n) is 14.4. The molecule has 1 amide bonds. The van der Waals surface area contributed by atoms with Crippen molar-refractivity contribution in [3.63, 3.8) is 0 Å². The Morgan fingerprint density at radius 2 is 1.72 bits per heavy atom. The molecule has 0 aliphatic heterocycles. The fraction of sp³-hybridized carbons (Fsp3) is 0.263. The molecule has 25 heavy (non-hydrogen) atoms. The predicted molar refractivity (Wildman–Crippen MR) is 92.8 cm³/mol. The molecule has 0 radical (unpaired) electrons. The number of methoxy groups -OCH3 is 2. The summed E-state index contributed by atoms with van der Waals surface area (Å²) in [6.45, 7) is 1.75. The number of esters is 1. The predicted octanol–water partition coefficient (Wildman–Crippen LogP) is 2.74. The van der Waals surface area contributed by atoms with E-state index in [1.54, 1.807) is 31.4 Å². The van der Waals surface area contributed by atoms with Gasteiger partial charge in [-0.1, -0.05) is 18.2 Å². The fourth-order valence-corrected chi connectivity index (χ4v) is 2.34. The van der Waals surface area contributed by atoms with Gasteiger partial charge in [-0.05, 0) is 37.3 Å². The number of carbonyl (C=O) groups excluding carboxylic acids is 2. The summed E-state index contributed by atoms with van der Waals surface area (Å²) in [6.07, 6.45) is 0. The minimum atomic E-state index is -0.421. The van der Waals surface area contributed by atoms with Crippen LogP contribution >= 0.6 is 0 Å². The van der Waals surface area contributed by atoms with Gasteiger partial charge in [0.25, 0.3) is 5.91 Å². The summed E-state index contributed by atoms with van der Waals surface area (Å²) >= 11 is 0. The number of rotatable bonds is 7. The molecule has 2 rings (SSSR count). The van der Waals surface area contributed by atoms with E-state index >= 15 is 0 Å². The number of carbonyl (C=O) groups is 2. The summed E-state index contributed by atoms with van der Waals surface area (Å²) in [4.78, 5) is 23.4. The lowest BCUT2D eigenvalue weighted by Crippen LogP contribution is -2.31. The summed E-state index contributed by atoms with van der Waals surface area (Å²) in [5.41, 5.74) is 1.31. The molecule has 0 heterocycles. The Morgan fingerprint density at radius 1 is 1.04 bits per heavy atom. The average Bonchev–Trinajstić information content (AvgIpc) is 2.66. The van der Waals surface area contributed by atoms with Crippen LogP contribution in [0.1, 0.15) is 28.9 Å². The van der Waals surface area contributed by atoms with E-state index in [4.69, 9.17) is 9.47 Å². The number of amides is 1. The largest absolute Gasteiger partial charge is 0.496 e. The van der Waals surface area contributed by atoms with Crippen LogP contribution in [-0.4, -0.2) is 32.7 Å². The van der Waals surface area contributed by atoms with Gasteiger partial charge in [0.15, 0.2) is 6.61 Å². The van der Waals surface area contributed by atoms with Crippen molar-refractivity contribution >= 4 is 11.9 Å². The van der Waals surface area contributed by atoms with Crippen LogP contribution < -0.4 is 14.8 Å². The summed E-state index contributed by atoms with van der Waals surface area (Å²) < 4.78 is 15.4. The Hall–Kier alpha value is -3.02. The number of ether oxygens (including phenoxy) is 3. The Morgan fingerprint density at radius 3 is 2.36 bits per heavy atom. The van der Waals surface area contributed by atoms with E-state index in [0.29, 0.717) is 11.3 Å². The third kappa shape index (κ3) is 4.97. The van der Waals surface area contributed by atoms with Crippen molar-refractivity contribution in [3.8, 4) is 11.5 Å². The van der Waals surface area contributed by atoms with Crippen LogP contribution in [0.3, 0.4) is 0 Å². The molecule has 1 N–H and O–H groups in total. The lowest BCUT2D eigenvalue weighted by Gasteiger charge is -2.17. The first-order valence-corrected chi connectivity index (χ1v) is 7.78. The second-order valence-electron chi connectivity index (χ2n) is 5.34. The molecule has 2 aromatic carbocycles. The van der Waals surface area contributed by atoms with Gasteiger partial charge in [-0.15, -0.1) is 0 Å². The van der Waals surface area contributed by atoms with Crippen LogP contribution in [0.4, 0.5) is 0 Å². The quantitative estimate of drug-likeness (QED) is 0.783. The third-order valence-electron chi connectivity index (χ3n) is 3.63. The number of nitrogens with one attached hydrogen (secondary N) is 1. The Balaban J connectivity index is 1.89. The van der Waals surface area contributed by atoms with E-state index in [1.165, 1.54) is 7.11 Å². The monoisotopic (exact) mass is 343 g/mol. The van der Waals surface area contributed by atoms with Crippen LogP contribution in [0.5, 0.6) is 11.5 Å². The van der Waals surface area contributed by atoms with Gasteiger partial charge in [0.05, 0.1) is 25.8 Å². The highest BCUT2D eigenvalue weighted by Crippen LogP contribution is 2.24. The Labute approximate surface area is 146 Å². The second kappa shape index (κ2) is 8.73. The minimum Gasteiger partial charge on any atom is -0.496 e. The molecule has 0 unspecified atom stereocenters. The van der Waals surface area contributed by atoms with Crippen LogP contribution in [0, 0.1) is 0 Å². The lowest BCUT2D eigenvalue weighted by molar-refractivity contribution is -0.123. The maximum Gasteiger partial charge on any atom is 0.337 e. The molecule has 6 heteroatoms. The fourth-order valence-electron chi connectivity index (χ4n) is 2.34. The summed E-state index contributed by atoms with van der Waals surface area (Å²) in [5.74, 6) is 0.535. The molecule has 0 saturated heterocycles. The van der Waals surface area contributed by atoms with Crippen LogP contribution in [-0.2, 0) is 9.53 Å². The molecule has 6 nitrogen and oxygen atoms in total. The van der Waals surface area contributed by atoms with Gasteiger partial charge in [-0.2, -0.15) is 0 Å². The van der Waals surface area contributed by atoms with E-state index in [9.17, 15) is 9.59 Å². The van der Waals surface area contributed by atoms with Crippen LogP contribution in [0.2, 0.25) is 0 Å². The van der Waals surface area contributed by atoms with Gasteiger partial charge in [0.1, 0.15) is 11.5 Å². The van der Waals surface area contributed by atoms with Crippen molar-refractivity contribution in [3.05, 3.63) is 59.7 Å². The average molecular weight is 343 g/mol. The number of para-hydroxylation sites is 1. The first-order valence-electron chi connectivity index (χ1n) is 7.78. The first kappa shape index (κ1) is 18.3. The van der Waals surface area contributed by atoms with Crippen LogP contribution in [0.25, 0.3) is 0 Å². The summed E-state index contributed by atoms with van der Waals surface area (Å²) in [7, 11) is 2.91. The normalized spacial score (nSPS) is 11.3. The molecule has 1 atom stereocenters. The zero-order valence-corrected chi connectivity index (χ0v) is 14.4. The molecule has 0 saturated carbocycles. The highest BCUT2D eigenvalue weighted by Gasteiger charge is 2.14. The molecule has 0 aromatic heterocycles. The molecule has 2 aromatic rings. The molecule has 0 bridgehead atoms. The van der Waals surface area contributed by atoms with Gasteiger partial charge in [-0.3, -0.25) is 4.79 Å². The SMILES string of the molecule is COC(=O)c1ccc(OCC(=O)N[C@H](C)c2ccccc2OC)cc1. The van der Waals surface area contributed by atoms with Gasteiger partial charge in [-0.25, -0.2) is 4.79 Å². The van der Waals surface area contributed by atoms with Gasteiger partial charge >= 0.3 is 5.97 Å². The van der Waals surface area contributed by atoms with Gasteiger partial charge < -0.3 is 19.5 Å². The van der Waals surface area contributed by atoms with Crippen LogP contribution in [0.15, 0.2) is 48.5 Å². The molecule has 0 fully saturated rings.